The first-order valence-electron chi connectivity index (χ1n) is 15.4. The van der Waals surface area contributed by atoms with Gasteiger partial charge in [0.05, 0.1) is 17.0 Å². The summed E-state index contributed by atoms with van der Waals surface area (Å²) in [6.45, 7) is 5.08. The monoisotopic (exact) mass is 663 g/mol. The molecule has 1 aromatic heterocycles. The topological polar surface area (TPSA) is 146 Å². The Morgan fingerprint density at radius 1 is 0.913 bits per heavy atom. The third kappa shape index (κ3) is 10.4. The molecule has 46 heavy (non-hydrogen) atoms. The summed E-state index contributed by atoms with van der Waals surface area (Å²) in [5.41, 5.74) is 1.94. The number of H-pyrrole nitrogens is 1. The maximum Gasteiger partial charge on any atom is 1.00 e. The number of fused-ring (bicyclic) bond motifs is 1. The number of nitrogens with zero attached hydrogens (tertiary/aromatic N) is 1. The number of halogens is 2. The number of nitrogens with one attached hydrogen (secondary N) is 4. The molecule has 4 rings (SSSR count). The van der Waals surface area contributed by atoms with Crippen molar-refractivity contribution in [3.8, 4) is 0 Å². The van der Waals surface area contributed by atoms with Gasteiger partial charge in [-0.2, -0.15) is 0 Å². The van der Waals surface area contributed by atoms with Gasteiger partial charge in [0.2, 0.25) is 11.8 Å². The number of rotatable bonds is 12. The second-order valence-electron chi connectivity index (χ2n) is 12.0. The molecular formula is C33H40ClFN5NaO5. The van der Waals surface area contributed by atoms with Crippen LogP contribution in [0, 0.1) is 11.7 Å². The van der Waals surface area contributed by atoms with Crippen molar-refractivity contribution in [2.24, 2.45) is 5.92 Å². The second-order valence-corrected chi connectivity index (χ2v) is 12.4. The number of carboxylic acid groups (broad SMARTS) is 1. The Morgan fingerprint density at radius 2 is 1.57 bits per heavy atom. The first kappa shape index (κ1) is 37.3. The van der Waals surface area contributed by atoms with Crippen molar-refractivity contribution in [1.29, 1.82) is 0 Å². The number of hydrogen-bond acceptors (Lipinski definition) is 5. The number of para-hydroxylation sites is 1. The summed E-state index contributed by atoms with van der Waals surface area (Å²) >= 11 is 5.87. The van der Waals surface area contributed by atoms with Gasteiger partial charge in [0.25, 0.3) is 0 Å². The molecule has 0 spiro atoms. The Morgan fingerprint density at radius 3 is 2.22 bits per heavy atom. The summed E-state index contributed by atoms with van der Waals surface area (Å²) in [6.07, 6.45) is 5.77. The van der Waals surface area contributed by atoms with Crippen LogP contribution < -0.4 is 50.6 Å². The van der Waals surface area contributed by atoms with Crippen LogP contribution in [-0.2, 0) is 27.2 Å². The van der Waals surface area contributed by atoms with E-state index in [2.05, 4.69) is 20.9 Å². The van der Waals surface area contributed by atoms with E-state index < -0.39 is 41.7 Å². The van der Waals surface area contributed by atoms with Crippen molar-refractivity contribution in [2.45, 2.75) is 76.9 Å². The number of carbonyl (C=O) groups excluding carboxylic acids is 4. The molecule has 2 heterocycles. The van der Waals surface area contributed by atoms with Crippen LogP contribution in [0.5, 0.6) is 0 Å². The van der Waals surface area contributed by atoms with Crippen LogP contribution >= 0.6 is 11.6 Å². The van der Waals surface area contributed by atoms with Gasteiger partial charge in [0.15, 0.2) is 0 Å². The van der Waals surface area contributed by atoms with E-state index in [0.717, 1.165) is 48.2 Å². The smallest absolute Gasteiger partial charge is 0.548 e. The minimum atomic E-state index is -1.55. The zero-order valence-corrected chi connectivity index (χ0v) is 29.3. The Labute approximate surface area is 295 Å². The van der Waals surface area contributed by atoms with Crippen LogP contribution in [0.4, 0.5) is 9.18 Å². The van der Waals surface area contributed by atoms with Crippen molar-refractivity contribution in [2.75, 3.05) is 13.1 Å². The molecule has 0 bridgehead atoms. The van der Waals surface area contributed by atoms with Crippen LogP contribution in [0.15, 0.2) is 48.7 Å². The average Bonchev–Trinajstić information content (AvgIpc) is 3.20. The van der Waals surface area contributed by atoms with E-state index in [4.69, 9.17) is 11.6 Å². The molecule has 3 aromatic rings. The minimum absolute atomic E-state index is 0. The average molecular weight is 664 g/mol. The normalized spacial score (nSPS) is 15.3. The molecule has 1 aliphatic rings. The van der Waals surface area contributed by atoms with Crippen molar-refractivity contribution in [3.05, 3.63) is 70.6 Å². The minimum Gasteiger partial charge on any atom is -0.548 e. The molecule has 0 saturated carbocycles. The molecular weight excluding hydrogens is 624 g/mol. The molecule has 10 nitrogen and oxygen atoms in total. The largest absolute Gasteiger partial charge is 1.00 e. The van der Waals surface area contributed by atoms with E-state index in [9.17, 15) is 28.7 Å². The number of hydrogen-bond donors (Lipinski definition) is 4. The Kier molecular flexibility index (Phi) is 14.4. The molecule has 13 heteroatoms. The summed E-state index contributed by atoms with van der Waals surface area (Å²) in [4.78, 5) is 57.6. The summed E-state index contributed by atoms with van der Waals surface area (Å²) in [7, 11) is 0. The molecule has 3 atom stereocenters. The number of benzene rings is 2. The fraction of sp³-hybridized carbons (Fsp3) is 0.455. The predicted molar refractivity (Wildman–Crippen MR) is 168 cm³/mol. The molecule has 0 aliphatic carbocycles. The van der Waals surface area contributed by atoms with Gasteiger partial charge in [-0.05, 0) is 60.9 Å². The molecule has 4 amide bonds. The van der Waals surface area contributed by atoms with Gasteiger partial charge in [0.1, 0.15) is 17.9 Å². The van der Waals surface area contributed by atoms with Crippen molar-refractivity contribution >= 4 is 46.3 Å². The summed E-state index contributed by atoms with van der Waals surface area (Å²) in [5.74, 6) is -3.46. The zero-order valence-electron chi connectivity index (χ0n) is 26.5. The first-order chi connectivity index (χ1) is 21.5. The first-order valence-corrected chi connectivity index (χ1v) is 15.8. The van der Waals surface area contributed by atoms with E-state index in [1.54, 1.807) is 11.1 Å². The molecule has 0 unspecified atom stereocenters. The predicted octanol–water partition coefficient (Wildman–Crippen LogP) is 0.469. The third-order valence-corrected chi connectivity index (χ3v) is 8.26. The van der Waals surface area contributed by atoms with E-state index >= 15 is 0 Å². The Bertz CT molecular complexity index is 1510. The number of likely N-dealkylation sites (tertiary alicyclic amines) is 1. The van der Waals surface area contributed by atoms with Gasteiger partial charge in [-0.1, -0.05) is 62.6 Å². The van der Waals surface area contributed by atoms with Crippen LogP contribution in [-0.4, -0.2) is 64.9 Å². The Hall–Kier alpha value is -3.12. The Balaban J connectivity index is 0.00000576. The van der Waals surface area contributed by atoms with Crippen LogP contribution in [0.2, 0.25) is 5.02 Å². The maximum absolute atomic E-state index is 13.7. The fourth-order valence-electron chi connectivity index (χ4n) is 5.59. The third-order valence-electron chi connectivity index (χ3n) is 7.97. The number of aromatic amines is 1. The molecule has 1 aliphatic heterocycles. The number of aliphatic carboxylic acids is 1. The molecule has 1 saturated heterocycles. The number of aromatic nitrogens is 1. The summed E-state index contributed by atoms with van der Waals surface area (Å²) < 4.78 is 13.7. The van der Waals surface area contributed by atoms with Gasteiger partial charge in [-0.3, -0.25) is 9.59 Å². The van der Waals surface area contributed by atoms with Crippen LogP contribution in [0.3, 0.4) is 0 Å². The van der Waals surface area contributed by atoms with Crippen molar-refractivity contribution in [1.82, 2.24) is 25.8 Å². The summed E-state index contributed by atoms with van der Waals surface area (Å²) in [5, 5.41) is 20.9. The summed E-state index contributed by atoms with van der Waals surface area (Å²) in [6, 6.07) is 7.31. The van der Waals surface area contributed by atoms with Crippen molar-refractivity contribution < 1.29 is 58.2 Å². The van der Waals surface area contributed by atoms with Gasteiger partial charge in [0, 0.05) is 36.6 Å². The number of carboxylic acids is 1. The van der Waals surface area contributed by atoms with Gasteiger partial charge in [-0.15, -0.1) is 0 Å². The molecule has 4 N–H and O–H groups in total. The standard InChI is InChI=1S/C33H41ClFN5O5.Na/c1-20(2)15-27(39-33(45)40-13-7-3-4-8-14-40)30(41)37-28(18-22-19-36-26-10-6-5-9-23(22)26)31(42)38-29(32(43)44)17-21-11-12-25(35)24(34)16-21;/h5-6,9-12,16,19-20,27-29,36H,3-4,7-8,13-15,17-18H2,1-2H3,(H,37,41)(H,38,42)(H,39,45)(H,43,44);/q;+1/p-1/t27-,28+,29+;/m0./s1. The van der Waals surface area contributed by atoms with Gasteiger partial charge >= 0.3 is 35.6 Å². The molecule has 1 fully saturated rings. The molecule has 2 aromatic carbocycles. The SMILES string of the molecule is CC(C)C[C@H](NC(=O)N1CCCCCC1)C(=O)N[C@H](Cc1c[nH]c2ccccc12)C(=O)N[C@H](Cc1ccc(F)c(Cl)c1)C(=O)[O-].[Na+]. The molecule has 0 radical (unpaired) electrons. The molecule has 242 valence electrons. The zero-order chi connectivity index (χ0) is 32.5. The van der Waals surface area contributed by atoms with Crippen LogP contribution in [0.25, 0.3) is 10.9 Å². The van der Waals surface area contributed by atoms with E-state index in [1.165, 1.54) is 12.1 Å². The quantitative estimate of drug-likeness (QED) is 0.208. The fourth-order valence-corrected chi connectivity index (χ4v) is 5.79. The van der Waals surface area contributed by atoms with Crippen LogP contribution in [0.1, 0.15) is 57.1 Å². The van der Waals surface area contributed by atoms with Crippen molar-refractivity contribution in [3.63, 3.8) is 0 Å². The number of urea groups is 1. The van der Waals surface area contributed by atoms with E-state index in [0.29, 0.717) is 25.1 Å². The van der Waals surface area contributed by atoms with E-state index in [-0.39, 0.29) is 59.4 Å². The number of carbonyl (C=O) groups is 4. The maximum atomic E-state index is 13.7. The second kappa shape index (κ2) is 17.7. The van der Waals surface area contributed by atoms with E-state index in [1.807, 2.05) is 38.1 Å². The van der Waals surface area contributed by atoms with Gasteiger partial charge in [-0.25, -0.2) is 9.18 Å². The number of amides is 4. The van der Waals surface area contributed by atoms with Gasteiger partial charge < -0.3 is 35.7 Å².